The molecule has 7 heavy (non-hydrogen) atoms. The second kappa shape index (κ2) is 1.20. The van der Waals surface area contributed by atoms with E-state index in [1.807, 2.05) is 6.92 Å². The van der Waals surface area contributed by atoms with Crippen molar-refractivity contribution in [2.45, 2.75) is 31.5 Å². The molecule has 0 aromatic carbocycles. The molecule has 0 aromatic rings. The van der Waals surface area contributed by atoms with E-state index in [1.165, 1.54) is 0 Å². The van der Waals surface area contributed by atoms with Crippen LogP contribution >= 0.6 is 0 Å². The molecule has 0 heterocycles. The van der Waals surface area contributed by atoms with Crippen molar-refractivity contribution in [3.05, 3.63) is 0 Å². The van der Waals surface area contributed by atoms with Crippen molar-refractivity contribution in [3.63, 3.8) is 0 Å². The fraction of sp³-hybridized carbons (Fsp3) is 1.00. The molecule has 2 atom stereocenters. The number of aliphatic hydroxyl groups is 2. The topological polar surface area (TPSA) is 40.5 Å². The molecule has 1 saturated carbocycles. The first-order valence-corrected chi connectivity index (χ1v) is 2.59. The van der Waals surface area contributed by atoms with E-state index < -0.39 is 11.7 Å². The van der Waals surface area contributed by atoms with Crippen LogP contribution in [0.25, 0.3) is 0 Å². The van der Waals surface area contributed by atoms with Crippen LogP contribution in [-0.4, -0.2) is 21.9 Å². The first-order valence-electron chi connectivity index (χ1n) is 2.59. The first-order chi connectivity index (χ1) is 3.19. The van der Waals surface area contributed by atoms with Crippen molar-refractivity contribution >= 4 is 0 Å². The Morgan fingerprint density at radius 2 is 2.29 bits per heavy atom. The SMILES string of the molecule is CCC1(O)CC1O. The van der Waals surface area contributed by atoms with Crippen LogP contribution in [0.5, 0.6) is 0 Å². The zero-order chi connectivity index (χ0) is 5.49. The summed E-state index contributed by atoms with van der Waals surface area (Å²) in [6, 6.07) is 0. The van der Waals surface area contributed by atoms with Gasteiger partial charge in [0.05, 0.1) is 11.7 Å². The molecular weight excluding hydrogens is 92.1 g/mol. The normalized spacial score (nSPS) is 49.3. The van der Waals surface area contributed by atoms with Gasteiger partial charge < -0.3 is 10.2 Å². The standard InChI is InChI=1S/C5H10O2/c1-2-5(7)3-4(5)6/h4,6-7H,2-3H2,1H3. The maximum Gasteiger partial charge on any atom is 0.0929 e. The third kappa shape index (κ3) is 0.640. The Bertz CT molecular complexity index is 78.1. The van der Waals surface area contributed by atoms with Gasteiger partial charge in [0.25, 0.3) is 0 Å². The minimum Gasteiger partial charge on any atom is -0.390 e. The molecule has 0 amide bonds. The molecular formula is C5H10O2. The predicted octanol–water partition coefficient (Wildman–Crippen LogP) is -0.108. The fourth-order valence-electron chi connectivity index (χ4n) is 0.656. The highest BCUT2D eigenvalue weighted by molar-refractivity contribution is 5.02. The molecule has 1 aliphatic rings. The second-order valence-electron chi connectivity index (χ2n) is 2.18. The van der Waals surface area contributed by atoms with Crippen molar-refractivity contribution in [1.82, 2.24) is 0 Å². The maximum absolute atomic E-state index is 8.96. The molecule has 1 fully saturated rings. The molecule has 1 rings (SSSR count). The lowest BCUT2D eigenvalue weighted by Gasteiger charge is -1.99. The molecule has 2 N–H and O–H groups in total. The minimum absolute atomic E-state index is 0.433. The number of hydrogen-bond acceptors (Lipinski definition) is 2. The Kier molecular flexibility index (Phi) is 0.869. The fourth-order valence-corrected chi connectivity index (χ4v) is 0.656. The summed E-state index contributed by atoms with van der Waals surface area (Å²) in [6.07, 6.45) is 0.815. The quantitative estimate of drug-likeness (QED) is 0.485. The van der Waals surface area contributed by atoms with Crippen LogP contribution in [-0.2, 0) is 0 Å². The maximum atomic E-state index is 8.96. The highest BCUT2D eigenvalue weighted by Gasteiger charge is 2.50. The summed E-state index contributed by atoms with van der Waals surface area (Å²) in [5.41, 5.74) is -0.694. The number of hydrogen-bond donors (Lipinski definition) is 2. The van der Waals surface area contributed by atoms with E-state index in [0.717, 1.165) is 0 Å². The van der Waals surface area contributed by atoms with Gasteiger partial charge in [-0.1, -0.05) is 6.92 Å². The second-order valence-corrected chi connectivity index (χ2v) is 2.18. The van der Waals surface area contributed by atoms with Crippen LogP contribution in [0, 0.1) is 0 Å². The molecule has 0 aromatic heterocycles. The Morgan fingerprint density at radius 3 is 2.29 bits per heavy atom. The van der Waals surface area contributed by atoms with Crippen molar-refractivity contribution in [2.24, 2.45) is 0 Å². The van der Waals surface area contributed by atoms with Gasteiger partial charge in [-0.2, -0.15) is 0 Å². The third-order valence-electron chi connectivity index (χ3n) is 1.62. The Hall–Kier alpha value is -0.0800. The summed E-state index contributed by atoms with van der Waals surface area (Å²) in [5, 5.41) is 17.6. The molecule has 2 nitrogen and oxygen atoms in total. The van der Waals surface area contributed by atoms with Crippen molar-refractivity contribution in [3.8, 4) is 0 Å². The van der Waals surface area contributed by atoms with E-state index in [1.54, 1.807) is 0 Å². The van der Waals surface area contributed by atoms with Gasteiger partial charge in [-0.05, 0) is 6.42 Å². The lowest BCUT2D eigenvalue weighted by molar-refractivity contribution is 0.0830. The zero-order valence-corrected chi connectivity index (χ0v) is 4.39. The van der Waals surface area contributed by atoms with E-state index in [9.17, 15) is 0 Å². The third-order valence-corrected chi connectivity index (χ3v) is 1.62. The summed E-state index contributed by atoms with van der Waals surface area (Å²) >= 11 is 0. The van der Waals surface area contributed by atoms with E-state index in [0.29, 0.717) is 12.8 Å². The van der Waals surface area contributed by atoms with Gasteiger partial charge in [-0.15, -0.1) is 0 Å². The monoisotopic (exact) mass is 102 g/mol. The van der Waals surface area contributed by atoms with E-state index in [2.05, 4.69) is 0 Å². The highest BCUT2D eigenvalue weighted by Crippen LogP contribution is 2.38. The van der Waals surface area contributed by atoms with E-state index in [-0.39, 0.29) is 0 Å². The number of aliphatic hydroxyl groups excluding tert-OH is 1. The molecule has 0 saturated heterocycles. The molecule has 2 unspecified atom stereocenters. The molecule has 42 valence electrons. The summed E-state index contributed by atoms with van der Waals surface area (Å²) < 4.78 is 0. The van der Waals surface area contributed by atoms with Crippen LogP contribution in [0.3, 0.4) is 0 Å². The molecule has 0 bridgehead atoms. The van der Waals surface area contributed by atoms with Crippen LogP contribution < -0.4 is 0 Å². The average Bonchev–Trinajstić information content (AvgIpc) is 2.18. The van der Waals surface area contributed by atoms with Gasteiger partial charge in [-0.3, -0.25) is 0 Å². The number of rotatable bonds is 1. The molecule has 0 radical (unpaired) electrons. The van der Waals surface area contributed by atoms with Crippen LogP contribution in [0.2, 0.25) is 0 Å². The Labute approximate surface area is 42.8 Å². The Balaban J connectivity index is 2.36. The van der Waals surface area contributed by atoms with Gasteiger partial charge in [0.2, 0.25) is 0 Å². The van der Waals surface area contributed by atoms with Crippen molar-refractivity contribution in [1.29, 1.82) is 0 Å². The van der Waals surface area contributed by atoms with Gasteiger partial charge in [0.1, 0.15) is 0 Å². The van der Waals surface area contributed by atoms with Crippen molar-refractivity contribution < 1.29 is 10.2 Å². The average molecular weight is 102 g/mol. The summed E-state index contributed by atoms with van der Waals surface area (Å²) in [7, 11) is 0. The lowest BCUT2D eigenvalue weighted by Crippen LogP contribution is -2.10. The van der Waals surface area contributed by atoms with Crippen LogP contribution in [0.1, 0.15) is 19.8 Å². The van der Waals surface area contributed by atoms with Crippen molar-refractivity contribution in [2.75, 3.05) is 0 Å². The smallest absolute Gasteiger partial charge is 0.0929 e. The van der Waals surface area contributed by atoms with Gasteiger partial charge >= 0.3 is 0 Å². The minimum atomic E-state index is -0.694. The largest absolute Gasteiger partial charge is 0.390 e. The van der Waals surface area contributed by atoms with E-state index >= 15 is 0 Å². The zero-order valence-electron chi connectivity index (χ0n) is 4.39. The first kappa shape index (κ1) is 5.06. The predicted molar refractivity (Wildman–Crippen MR) is 25.9 cm³/mol. The molecule has 1 aliphatic carbocycles. The molecule has 2 heteroatoms. The summed E-state index contributed by atoms with van der Waals surface area (Å²) in [4.78, 5) is 0. The van der Waals surface area contributed by atoms with Gasteiger partial charge in [0.15, 0.2) is 0 Å². The van der Waals surface area contributed by atoms with Gasteiger partial charge in [0, 0.05) is 6.42 Å². The summed E-state index contributed by atoms with van der Waals surface area (Å²) in [5.74, 6) is 0. The van der Waals surface area contributed by atoms with Crippen LogP contribution in [0.15, 0.2) is 0 Å². The van der Waals surface area contributed by atoms with Crippen LogP contribution in [0.4, 0.5) is 0 Å². The molecule has 0 aliphatic heterocycles. The summed E-state index contributed by atoms with van der Waals surface area (Å²) in [6.45, 7) is 1.87. The lowest BCUT2D eigenvalue weighted by atomic mass is 10.2. The van der Waals surface area contributed by atoms with E-state index in [4.69, 9.17) is 10.2 Å². The van der Waals surface area contributed by atoms with Gasteiger partial charge in [-0.25, -0.2) is 0 Å². The molecule has 0 spiro atoms. The Morgan fingerprint density at radius 1 is 1.86 bits per heavy atom. The highest BCUT2D eigenvalue weighted by atomic mass is 16.4.